The van der Waals surface area contributed by atoms with E-state index < -0.39 is 35.8 Å². The number of ether oxygens (including phenoxy) is 1. The third-order valence-corrected chi connectivity index (χ3v) is 3.53. The summed E-state index contributed by atoms with van der Waals surface area (Å²) in [6.07, 6.45) is 2.37. The second kappa shape index (κ2) is 4.40. The Labute approximate surface area is 103 Å². The summed E-state index contributed by atoms with van der Waals surface area (Å²) in [7, 11) is 1.17. The van der Waals surface area contributed by atoms with Crippen LogP contribution in [-0.4, -0.2) is 42.4 Å². The van der Waals surface area contributed by atoms with Crippen LogP contribution in [0.25, 0.3) is 0 Å². The van der Waals surface area contributed by atoms with Crippen molar-refractivity contribution in [2.24, 2.45) is 5.41 Å². The highest BCUT2D eigenvalue weighted by Gasteiger charge is 2.55. The van der Waals surface area contributed by atoms with Crippen molar-refractivity contribution in [1.29, 1.82) is 0 Å². The maximum absolute atomic E-state index is 12.3. The van der Waals surface area contributed by atoms with E-state index in [9.17, 15) is 19.2 Å². The first-order chi connectivity index (χ1) is 8.51. The molecule has 1 aliphatic heterocycles. The Morgan fingerprint density at radius 2 is 1.94 bits per heavy atom. The third kappa shape index (κ3) is 1.75. The molecule has 1 saturated heterocycles. The molecule has 1 saturated carbocycles. The van der Waals surface area contributed by atoms with Crippen LogP contribution in [0.4, 0.5) is 4.79 Å². The molecule has 18 heavy (non-hydrogen) atoms. The molecule has 0 aromatic carbocycles. The van der Waals surface area contributed by atoms with Crippen molar-refractivity contribution < 1.29 is 23.9 Å². The first-order valence-electron chi connectivity index (χ1n) is 5.75. The molecule has 0 aromatic heterocycles. The fraction of sp³-hybridized carbons (Fsp3) is 0.636. The van der Waals surface area contributed by atoms with Crippen molar-refractivity contribution in [2.45, 2.75) is 25.7 Å². The fourth-order valence-electron chi connectivity index (χ4n) is 2.49. The van der Waals surface area contributed by atoms with Crippen molar-refractivity contribution in [3.05, 3.63) is 0 Å². The summed E-state index contributed by atoms with van der Waals surface area (Å²) in [5, 5.41) is 2.14. The summed E-state index contributed by atoms with van der Waals surface area (Å²) in [6.45, 7) is -0.462. The predicted molar refractivity (Wildman–Crippen MR) is 58.2 cm³/mol. The van der Waals surface area contributed by atoms with Gasteiger partial charge in [0, 0.05) is 0 Å². The number of carbonyl (C=O) groups excluding carboxylic acids is 4. The van der Waals surface area contributed by atoms with Crippen LogP contribution < -0.4 is 5.32 Å². The molecule has 4 amide bonds. The van der Waals surface area contributed by atoms with Gasteiger partial charge in [0.1, 0.15) is 12.0 Å². The number of amides is 4. The van der Waals surface area contributed by atoms with Gasteiger partial charge >= 0.3 is 12.0 Å². The van der Waals surface area contributed by atoms with E-state index in [-0.39, 0.29) is 0 Å². The number of urea groups is 1. The number of carbonyl (C=O) groups is 4. The number of nitrogens with zero attached hydrogens (tertiary/aromatic N) is 1. The predicted octanol–water partition coefficient (Wildman–Crippen LogP) is -0.202. The molecule has 1 aliphatic carbocycles. The van der Waals surface area contributed by atoms with E-state index in [0.29, 0.717) is 12.8 Å². The third-order valence-electron chi connectivity index (χ3n) is 3.53. The minimum Gasteiger partial charge on any atom is -0.468 e. The minimum absolute atomic E-state index is 0.419. The molecule has 98 valence electrons. The standard InChI is InChI=1S/C11H14N2O5/c1-18-7(14)6-13-9(16)11(4-2-3-5-11)8(15)12-10(13)17/h2-6H2,1H3,(H,12,15,17). The maximum Gasteiger partial charge on any atom is 0.331 e. The lowest BCUT2D eigenvalue weighted by Gasteiger charge is -2.36. The summed E-state index contributed by atoms with van der Waals surface area (Å²) in [4.78, 5) is 47.6. The number of hydrogen-bond acceptors (Lipinski definition) is 5. The van der Waals surface area contributed by atoms with Crippen molar-refractivity contribution in [3.63, 3.8) is 0 Å². The molecule has 2 fully saturated rings. The van der Waals surface area contributed by atoms with Gasteiger partial charge in [-0.1, -0.05) is 12.8 Å². The van der Waals surface area contributed by atoms with Crippen LogP contribution in [0.2, 0.25) is 0 Å². The van der Waals surface area contributed by atoms with Crippen molar-refractivity contribution >= 4 is 23.8 Å². The molecule has 1 N–H and O–H groups in total. The van der Waals surface area contributed by atoms with E-state index in [1.165, 1.54) is 7.11 Å². The molecule has 0 atom stereocenters. The fourth-order valence-corrected chi connectivity index (χ4v) is 2.49. The Bertz CT molecular complexity index is 425. The Balaban J connectivity index is 2.25. The zero-order valence-electron chi connectivity index (χ0n) is 10.0. The van der Waals surface area contributed by atoms with Gasteiger partial charge in [-0.05, 0) is 12.8 Å². The lowest BCUT2D eigenvalue weighted by molar-refractivity contribution is -0.155. The van der Waals surface area contributed by atoms with Crippen molar-refractivity contribution in [2.75, 3.05) is 13.7 Å². The zero-order valence-corrected chi connectivity index (χ0v) is 10.0. The molecule has 1 heterocycles. The molecule has 0 unspecified atom stereocenters. The number of methoxy groups -OCH3 is 1. The average Bonchev–Trinajstić information content (AvgIpc) is 2.83. The molecule has 0 radical (unpaired) electrons. The Hall–Kier alpha value is -1.92. The van der Waals surface area contributed by atoms with Gasteiger partial charge in [0.05, 0.1) is 7.11 Å². The number of hydrogen-bond donors (Lipinski definition) is 1. The highest BCUT2D eigenvalue weighted by molar-refractivity contribution is 6.20. The largest absolute Gasteiger partial charge is 0.468 e. The van der Waals surface area contributed by atoms with E-state index in [2.05, 4.69) is 10.1 Å². The Kier molecular flexibility index (Phi) is 3.06. The molecule has 2 aliphatic rings. The van der Waals surface area contributed by atoms with E-state index in [0.717, 1.165) is 17.7 Å². The quantitative estimate of drug-likeness (QED) is 0.544. The zero-order chi connectivity index (χ0) is 13.3. The van der Waals surface area contributed by atoms with Crippen LogP contribution >= 0.6 is 0 Å². The summed E-state index contributed by atoms with van der Waals surface area (Å²) in [5.41, 5.74) is -1.16. The monoisotopic (exact) mass is 254 g/mol. The smallest absolute Gasteiger partial charge is 0.331 e. The Morgan fingerprint density at radius 1 is 1.33 bits per heavy atom. The van der Waals surface area contributed by atoms with Gasteiger partial charge in [0.15, 0.2) is 0 Å². The number of nitrogens with one attached hydrogen (secondary N) is 1. The second-order valence-corrected chi connectivity index (χ2v) is 4.52. The van der Waals surface area contributed by atoms with E-state index >= 15 is 0 Å². The van der Waals surface area contributed by atoms with Gasteiger partial charge in [-0.15, -0.1) is 0 Å². The van der Waals surface area contributed by atoms with Crippen LogP contribution in [0.3, 0.4) is 0 Å². The van der Waals surface area contributed by atoms with Crippen LogP contribution in [0.1, 0.15) is 25.7 Å². The molecule has 1 spiro atoms. The molecular weight excluding hydrogens is 240 g/mol. The summed E-state index contributed by atoms with van der Waals surface area (Å²) >= 11 is 0. The average molecular weight is 254 g/mol. The van der Waals surface area contributed by atoms with Crippen molar-refractivity contribution in [3.8, 4) is 0 Å². The molecule has 0 bridgehead atoms. The van der Waals surface area contributed by atoms with Gasteiger partial charge in [0.25, 0.3) is 0 Å². The molecule has 7 nitrogen and oxygen atoms in total. The first kappa shape index (κ1) is 12.5. The van der Waals surface area contributed by atoms with Gasteiger partial charge in [-0.3, -0.25) is 24.6 Å². The van der Waals surface area contributed by atoms with E-state index in [4.69, 9.17) is 0 Å². The van der Waals surface area contributed by atoms with Gasteiger partial charge in [0.2, 0.25) is 11.8 Å². The van der Waals surface area contributed by atoms with Crippen LogP contribution in [0.5, 0.6) is 0 Å². The second-order valence-electron chi connectivity index (χ2n) is 4.52. The number of esters is 1. The number of rotatable bonds is 2. The highest BCUT2D eigenvalue weighted by atomic mass is 16.5. The first-order valence-corrected chi connectivity index (χ1v) is 5.75. The van der Waals surface area contributed by atoms with E-state index in [1.807, 2.05) is 0 Å². The van der Waals surface area contributed by atoms with E-state index in [1.54, 1.807) is 0 Å². The maximum atomic E-state index is 12.3. The molecule has 2 rings (SSSR count). The van der Waals surface area contributed by atoms with Gasteiger partial charge in [-0.25, -0.2) is 4.79 Å². The molecule has 0 aromatic rings. The normalized spacial score (nSPS) is 22.3. The van der Waals surface area contributed by atoms with Crippen LogP contribution in [-0.2, 0) is 19.1 Å². The Morgan fingerprint density at radius 3 is 2.50 bits per heavy atom. The number of barbiturate groups is 1. The molecular formula is C11H14N2O5. The van der Waals surface area contributed by atoms with Gasteiger partial charge in [-0.2, -0.15) is 0 Å². The minimum atomic E-state index is -1.16. The SMILES string of the molecule is COC(=O)CN1C(=O)NC(=O)C2(CCCC2)C1=O. The van der Waals surface area contributed by atoms with Crippen LogP contribution in [0.15, 0.2) is 0 Å². The van der Waals surface area contributed by atoms with Gasteiger partial charge < -0.3 is 4.74 Å². The summed E-state index contributed by atoms with van der Waals surface area (Å²) < 4.78 is 4.43. The molecule has 7 heteroatoms. The highest BCUT2D eigenvalue weighted by Crippen LogP contribution is 2.41. The summed E-state index contributed by atoms with van der Waals surface area (Å²) in [5.74, 6) is -1.82. The summed E-state index contributed by atoms with van der Waals surface area (Å²) in [6, 6.07) is -0.854. The topological polar surface area (TPSA) is 92.8 Å². The number of imide groups is 2. The van der Waals surface area contributed by atoms with Crippen molar-refractivity contribution in [1.82, 2.24) is 10.2 Å². The van der Waals surface area contributed by atoms with Crippen LogP contribution in [0, 0.1) is 5.41 Å². The lowest BCUT2D eigenvalue weighted by Crippen LogP contribution is -2.63. The lowest BCUT2D eigenvalue weighted by atomic mass is 9.82.